The summed E-state index contributed by atoms with van der Waals surface area (Å²) in [6.07, 6.45) is 4.14. The number of amides is 2. The van der Waals surface area contributed by atoms with Crippen LogP contribution >= 0.6 is 0 Å². The highest BCUT2D eigenvalue weighted by Crippen LogP contribution is 2.33. The molecule has 1 unspecified atom stereocenters. The van der Waals surface area contributed by atoms with Gasteiger partial charge in [0.2, 0.25) is 5.91 Å². The summed E-state index contributed by atoms with van der Waals surface area (Å²) >= 11 is 0. The Morgan fingerprint density at radius 3 is 2.58 bits per heavy atom. The van der Waals surface area contributed by atoms with E-state index in [0.717, 1.165) is 49.9 Å². The van der Waals surface area contributed by atoms with Gasteiger partial charge in [-0.3, -0.25) is 9.59 Å². The Kier molecular flexibility index (Phi) is 7.52. The topological polar surface area (TPSA) is 96.3 Å². The van der Waals surface area contributed by atoms with Crippen molar-refractivity contribution >= 4 is 17.5 Å². The highest BCUT2D eigenvalue weighted by molar-refractivity contribution is 5.98. The first kappa shape index (κ1) is 22.7. The van der Waals surface area contributed by atoms with Gasteiger partial charge in [-0.05, 0) is 62.2 Å². The van der Waals surface area contributed by atoms with Gasteiger partial charge in [-0.1, -0.05) is 36.8 Å². The summed E-state index contributed by atoms with van der Waals surface area (Å²) in [4.78, 5) is 29.2. The number of benzene rings is 2. The number of nitrogens with zero attached hydrogens (tertiary/aromatic N) is 1. The van der Waals surface area contributed by atoms with Crippen LogP contribution in [0.4, 0.5) is 5.69 Å². The van der Waals surface area contributed by atoms with E-state index in [1.54, 1.807) is 12.1 Å². The summed E-state index contributed by atoms with van der Waals surface area (Å²) in [6.45, 7) is 3.83. The third-order valence-corrected chi connectivity index (χ3v) is 5.80. The molecule has 1 aromatic heterocycles. The lowest BCUT2D eigenvalue weighted by Crippen LogP contribution is -2.24. The largest absolute Gasteiger partial charge is 0.440 e. The van der Waals surface area contributed by atoms with E-state index in [1.165, 1.54) is 6.92 Å². The van der Waals surface area contributed by atoms with E-state index >= 15 is 0 Å². The first-order valence-electron chi connectivity index (χ1n) is 11.5. The molecule has 0 radical (unpaired) electrons. The number of carbonyl (C=O) groups is 2. The number of anilines is 1. The van der Waals surface area contributed by atoms with Crippen molar-refractivity contribution in [2.24, 2.45) is 0 Å². The summed E-state index contributed by atoms with van der Waals surface area (Å²) in [5.41, 5.74) is 2.74. The van der Waals surface area contributed by atoms with Gasteiger partial charge in [0.15, 0.2) is 17.3 Å². The molecule has 0 saturated carbocycles. The number of aromatic nitrogens is 1. The molecule has 1 aliphatic heterocycles. The summed E-state index contributed by atoms with van der Waals surface area (Å²) in [5.74, 6) is 0.845. The number of hydrogen-bond donors (Lipinski definition) is 3. The second-order valence-electron chi connectivity index (χ2n) is 8.39. The second-order valence-corrected chi connectivity index (χ2v) is 8.39. The lowest BCUT2D eigenvalue weighted by atomic mass is 9.96. The van der Waals surface area contributed by atoms with Gasteiger partial charge in [0.05, 0.1) is 0 Å². The zero-order valence-corrected chi connectivity index (χ0v) is 18.9. The van der Waals surface area contributed by atoms with Crippen molar-refractivity contribution in [1.29, 1.82) is 0 Å². The zero-order valence-electron chi connectivity index (χ0n) is 18.9. The van der Waals surface area contributed by atoms with E-state index in [-0.39, 0.29) is 17.7 Å². The van der Waals surface area contributed by atoms with Crippen LogP contribution in [0.25, 0.3) is 11.3 Å². The maximum atomic E-state index is 13.1. The molecule has 2 aromatic carbocycles. The van der Waals surface area contributed by atoms with Gasteiger partial charge in [-0.15, -0.1) is 0 Å². The third-order valence-electron chi connectivity index (χ3n) is 5.80. The molecule has 1 atom stereocenters. The third kappa shape index (κ3) is 6.08. The smallest absolute Gasteiger partial charge is 0.274 e. The molecular formula is C26H30N4O3. The molecule has 0 bridgehead atoms. The number of rotatable bonds is 6. The minimum absolute atomic E-state index is 0.136. The molecule has 7 heteroatoms. The van der Waals surface area contributed by atoms with Crippen LogP contribution in [0.1, 0.15) is 60.5 Å². The van der Waals surface area contributed by atoms with Crippen molar-refractivity contribution in [3.8, 4) is 11.3 Å². The summed E-state index contributed by atoms with van der Waals surface area (Å²) in [6, 6.07) is 17.0. The van der Waals surface area contributed by atoms with Crippen LogP contribution in [-0.4, -0.2) is 29.9 Å². The molecule has 2 heterocycles. The Hall–Kier alpha value is -3.45. The number of nitrogens with one attached hydrogen (secondary N) is 3. The fourth-order valence-electron chi connectivity index (χ4n) is 4.06. The Morgan fingerprint density at radius 2 is 1.82 bits per heavy atom. The van der Waals surface area contributed by atoms with Crippen molar-refractivity contribution in [1.82, 2.24) is 15.6 Å². The second kappa shape index (κ2) is 10.9. The predicted octanol–water partition coefficient (Wildman–Crippen LogP) is 4.48. The monoisotopic (exact) mass is 446 g/mol. The van der Waals surface area contributed by atoms with Crippen molar-refractivity contribution in [2.75, 3.05) is 18.4 Å². The SMILES string of the molecule is CC(=O)Nc1ccc(-c2oc(C3CCCCNCC3)nc2C(=O)NCc2ccccc2)cc1. The maximum Gasteiger partial charge on any atom is 0.274 e. The minimum Gasteiger partial charge on any atom is -0.440 e. The van der Waals surface area contributed by atoms with Crippen molar-refractivity contribution in [2.45, 2.75) is 45.1 Å². The molecule has 1 aliphatic rings. The Morgan fingerprint density at radius 1 is 1.03 bits per heavy atom. The van der Waals surface area contributed by atoms with Crippen LogP contribution in [0.15, 0.2) is 59.0 Å². The fourth-order valence-corrected chi connectivity index (χ4v) is 4.06. The van der Waals surface area contributed by atoms with E-state index in [9.17, 15) is 9.59 Å². The normalized spacial score (nSPS) is 16.5. The van der Waals surface area contributed by atoms with E-state index in [1.807, 2.05) is 42.5 Å². The molecule has 33 heavy (non-hydrogen) atoms. The lowest BCUT2D eigenvalue weighted by Gasteiger charge is -2.17. The molecule has 172 valence electrons. The molecular weight excluding hydrogens is 416 g/mol. The first-order valence-corrected chi connectivity index (χ1v) is 11.5. The molecule has 0 spiro atoms. The molecule has 4 rings (SSSR count). The average Bonchev–Trinajstić information content (AvgIpc) is 3.23. The Balaban J connectivity index is 1.61. The minimum atomic E-state index is -0.265. The van der Waals surface area contributed by atoms with Crippen LogP contribution in [0, 0.1) is 0 Å². The fraction of sp³-hybridized carbons (Fsp3) is 0.346. The van der Waals surface area contributed by atoms with E-state index in [0.29, 0.717) is 29.6 Å². The average molecular weight is 447 g/mol. The van der Waals surface area contributed by atoms with Gasteiger partial charge in [0.1, 0.15) is 0 Å². The van der Waals surface area contributed by atoms with Gasteiger partial charge in [0.25, 0.3) is 5.91 Å². The first-order chi connectivity index (χ1) is 16.1. The van der Waals surface area contributed by atoms with Crippen LogP contribution in [0.5, 0.6) is 0 Å². The van der Waals surface area contributed by atoms with Crippen molar-refractivity contribution in [3.63, 3.8) is 0 Å². The van der Waals surface area contributed by atoms with Crippen LogP contribution in [-0.2, 0) is 11.3 Å². The van der Waals surface area contributed by atoms with Gasteiger partial charge in [0, 0.05) is 30.6 Å². The lowest BCUT2D eigenvalue weighted by molar-refractivity contribution is -0.114. The number of hydrogen-bond acceptors (Lipinski definition) is 5. The van der Waals surface area contributed by atoms with Crippen LogP contribution < -0.4 is 16.0 Å². The summed E-state index contributed by atoms with van der Waals surface area (Å²) in [5, 5.41) is 9.17. The molecule has 3 N–H and O–H groups in total. The van der Waals surface area contributed by atoms with Gasteiger partial charge < -0.3 is 20.4 Å². The highest BCUT2D eigenvalue weighted by Gasteiger charge is 2.26. The molecule has 3 aromatic rings. The van der Waals surface area contributed by atoms with Gasteiger partial charge >= 0.3 is 0 Å². The molecule has 7 nitrogen and oxygen atoms in total. The molecule has 2 amide bonds. The Bertz CT molecular complexity index is 1070. The van der Waals surface area contributed by atoms with Crippen LogP contribution in [0.3, 0.4) is 0 Å². The van der Waals surface area contributed by atoms with Crippen molar-refractivity contribution < 1.29 is 14.0 Å². The van der Waals surface area contributed by atoms with Gasteiger partial charge in [-0.2, -0.15) is 0 Å². The number of oxazole rings is 1. The molecule has 1 fully saturated rings. The van der Waals surface area contributed by atoms with E-state index < -0.39 is 0 Å². The van der Waals surface area contributed by atoms with E-state index in [4.69, 9.17) is 4.42 Å². The summed E-state index contributed by atoms with van der Waals surface area (Å²) < 4.78 is 6.24. The zero-order chi connectivity index (χ0) is 23.0. The van der Waals surface area contributed by atoms with Crippen molar-refractivity contribution in [3.05, 3.63) is 71.7 Å². The Labute approximate surface area is 194 Å². The molecule has 0 aliphatic carbocycles. The quantitative estimate of drug-likeness (QED) is 0.519. The maximum absolute atomic E-state index is 13.1. The van der Waals surface area contributed by atoms with Crippen LogP contribution in [0.2, 0.25) is 0 Å². The van der Waals surface area contributed by atoms with Gasteiger partial charge in [-0.25, -0.2) is 4.98 Å². The summed E-state index contributed by atoms with van der Waals surface area (Å²) in [7, 11) is 0. The predicted molar refractivity (Wildman–Crippen MR) is 128 cm³/mol. The van der Waals surface area contributed by atoms with E-state index in [2.05, 4.69) is 20.9 Å². The molecule has 1 saturated heterocycles. The number of carbonyl (C=O) groups excluding carboxylic acids is 2. The standard InChI is InChI=1S/C26H30N4O3/c1-18(31)29-22-12-10-20(11-13-22)24-23(25(32)28-17-19-7-3-2-4-8-19)30-26(33-24)21-9-5-6-15-27-16-14-21/h2-4,7-8,10-13,21,27H,5-6,9,14-17H2,1H3,(H,28,32)(H,29,31). The highest BCUT2D eigenvalue weighted by atomic mass is 16.4.